The summed E-state index contributed by atoms with van der Waals surface area (Å²) in [5.74, 6) is 0. The molecule has 0 saturated heterocycles. The summed E-state index contributed by atoms with van der Waals surface area (Å²) in [5.41, 5.74) is -0.653. The van der Waals surface area contributed by atoms with Gasteiger partial charge in [0.05, 0.1) is 17.7 Å². The van der Waals surface area contributed by atoms with Gasteiger partial charge in [-0.3, -0.25) is 0 Å². The van der Waals surface area contributed by atoms with Crippen LogP contribution in [0.1, 0.15) is 53.4 Å². The first-order valence-electron chi connectivity index (χ1n) is 8.67. The van der Waals surface area contributed by atoms with Crippen molar-refractivity contribution in [1.29, 1.82) is 0 Å². The summed E-state index contributed by atoms with van der Waals surface area (Å²) in [7, 11) is 1.72. The highest BCUT2D eigenvalue weighted by Gasteiger charge is 2.45. The topological polar surface area (TPSA) is 68.8 Å². The number of amides is 1. The highest BCUT2D eigenvalue weighted by molar-refractivity contribution is 5.69. The normalized spacial score (nSPS) is 29.3. The molecule has 2 aliphatic carbocycles. The molecule has 0 aromatic rings. The van der Waals surface area contributed by atoms with Gasteiger partial charge in [-0.1, -0.05) is 0 Å². The van der Waals surface area contributed by atoms with Crippen molar-refractivity contribution >= 4 is 6.09 Å². The van der Waals surface area contributed by atoms with Crippen LogP contribution < -0.4 is 10.6 Å². The summed E-state index contributed by atoms with van der Waals surface area (Å²) in [6, 6.07) is 0.287. The molecule has 0 bridgehead atoms. The van der Waals surface area contributed by atoms with E-state index in [1.54, 1.807) is 7.11 Å². The molecule has 0 spiro atoms. The maximum Gasteiger partial charge on any atom is 0.408 e. The van der Waals surface area contributed by atoms with Crippen molar-refractivity contribution in [3.05, 3.63) is 0 Å². The van der Waals surface area contributed by atoms with Gasteiger partial charge in [0, 0.05) is 26.3 Å². The van der Waals surface area contributed by atoms with Gasteiger partial charge in [0.2, 0.25) is 0 Å². The number of alkyl carbamates (subject to hydrolysis) is 1. The van der Waals surface area contributed by atoms with E-state index in [1.807, 2.05) is 27.7 Å². The Labute approximate surface area is 139 Å². The van der Waals surface area contributed by atoms with Gasteiger partial charge in [0.25, 0.3) is 0 Å². The molecule has 6 nitrogen and oxygen atoms in total. The molecule has 2 aliphatic rings. The third kappa shape index (κ3) is 4.81. The second-order valence-corrected chi connectivity index (χ2v) is 7.68. The molecule has 2 rings (SSSR count). The lowest BCUT2D eigenvalue weighted by Gasteiger charge is -2.48. The molecule has 3 unspecified atom stereocenters. The van der Waals surface area contributed by atoms with Crippen LogP contribution in [0.3, 0.4) is 0 Å². The first-order chi connectivity index (χ1) is 10.8. The molecule has 2 fully saturated rings. The smallest absolute Gasteiger partial charge is 0.408 e. The van der Waals surface area contributed by atoms with E-state index in [0.29, 0.717) is 6.61 Å². The maximum absolute atomic E-state index is 12.0. The van der Waals surface area contributed by atoms with Crippen molar-refractivity contribution in [2.75, 3.05) is 20.3 Å². The Morgan fingerprint density at radius 1 is 1.30 bits per heavy atom. The number of carbonyl (C=O) groups is 1. The minimum absolute atomic E-state index is 0.0913. The molecule has 0 aromatic carbocycles. The Morgan fingerprint density at radius 2 is 2.00 bits per heavy atom. The van der Waals surface area contributed by atoms with E-state index in [2.05, 4.69) is 10.6 Å². The van der Waals surface area contributed by atoms with E-state index in [9.17, 15) is 4.79 Å². The van der Waals surface area contributed by atoms with Crippen molar-refractivity contribution < 1.29 is 19.0 Å². The van der Waals surface area contributed by atoms with Crippen LogP contribution in [0, 0.1) is 0 Å². The van der Waals surface area contributed by atoms with Gasteiger partial charge in [0.15, 0.2) is 0 Å². The van der Waals surface area contributed by atoms with E-state index in [1.165, 1.54) is 0 Å². The van der Waals surface area contributed by atoms with Crippen molar-refractivity contribution in [3.8, 4) is 0 Å². The number of ether oxygens (including phenoxy) is 3. The Bertz CT molecular complexity index is 404. The standard InChI is InChI=1S/C17H32N2O4/c1-6-22-13-10-12(14(13)21-5)18-11-17(8-7-9-17)19-15(20)23-16(2,3)4/h12-14,18H,6-11H2,1-5H3,(H,19,20). The fourth-order valence-corrected chi connectivity index (χ4v) is 3.27. The minimum atomic E-state index is -0.470. The first kappa shape index (κ1) is 18.5. The third-order valence-electron chi connectivity index (χ3n) is 4.68. The molecule has 3 atom stereocenters. The van der Waals surface area contributed by atoms with Crippen LogP contribution in [-0.4, -0.2) is 55.7 Å². The zero-order valence-electron chi connectivity index (χ0n) is 15.1. The first-order valence-corrected chi connectivity index (χ1v) is 8.67. The number of nitrogens with one attached hydrogen (secondary N) is 2. The summed E-state index contributed by atoms with van der Waals surface area (Å²) in [6.07, 6.45) is 4.00. The highest BCUT2D eigenvalue weighted by Crippen LogP contribution is 2.33. The predicted molar refractivity (Wildman–Crippen MR) is 88.6 cm³/mol. The number of hydrogen-bond acceptors (Lipinski definition) is 5. The molecule has 2 N–H and O–H groups in total. The number of hydrogen-bond donors (Lipinski definition) is 2. The summed E-state index contributed by atoms with van der Waals surface area (Å²) >= 11 is 0. The Balaban J connectivity index is 1.80. The van der Waals surface area contributed by atoms with Crippen LogP contribution >= 0.6 is 0 Å². The van der Waals surface area contributed by atoms with E-state index in [0.717, 1.165) is 32.2 Å². The van der Waals surface area contributed by atoms with Gasteiger partial charge in [-0.15, -0.1) is 0 Å². The lowest BCUT2D eigenvalue weighted by Crippen LogP contribution is -2.66. The van der Waals surface area contributed by atoms with Crippen LogP contribution in [0.15, 0.2) is 0 Å². The van der Waals surface area contributed by atoms with Crippen LogP contribution in [0.25, 0.3) is 0 Å². The van der Waals surface area contributed by atoms with Gasteiger partial charge in [-0.2, -0.15) is 0 Å². The lowest BCUT2D eigenvalue weighted by atomic mass is 9.75. The van der Waals surface area contributed by atoms with E-state index in [-0.39, 0.29) is 29.9 Å². The van der Waals surface area contributed by atoms with Gasteiger partial charge in [-0.25, -0.2) is 4.79 Å². The SMILES string of the molecule is CCOC1CC(NCC2(NC(=O)OC(C)(C)C)CCC2)C1OC. The second-order valence-electron chi connectivity index (χ2n) is 7.68. The fourth-order valence-electron chi connectivity index (χ4n) is 3.27. The summed E-state index contributed by atoms with van der Waals surface area (Å²) < 4.78 is 16.6. The van der Waals surface area contributed by atoms with E-state index < -0.39 is 5.60 Å². The molecule has 0 aliphatic heterocycles. The van der Waals surface area contributed by atoms with Gasteiger partial charge in [0.1, 0.15) is 5.60 Å². The molecule has 134 valence electrons. The summed E-state index contributed by atoms with van der Waals surface area (Å²) in [4.78, 5) is 12.0. The number of carbonyl (C=O) groups excluding carboxylic acids is 1. The maximum atomic E-state index is 12.0. The lowest BCUT2D eigenvalue weighted by molar-refractivity contribution is -0.132. The average molecular weight is 328 g/mol. The van der Waals surface area contributed by atoms with Gasteiger partial charge >= 0.3 is 6.09 Å². The molecule has 0 radical (unpaired) electrons. The van der Waals surface area contributed by atoms with E-state index in [4.69, 9.17) is 14.2 Å². The van der Waals surface area contributed by atoms with Gasteiger partial charge in [-0.05, 0) is 53.4 Å². The van der Waals surface area contributed by atoms with E-state index >= 15 is 0 Å². The van der Waals surface area contributed by atoms with Crippen LogP contribution in [-0.2, 0) is 14.2 Å². The Morgan fingerprint density at radius 3 is 2.48 bits per heavy atom. The molecule has 23 heavy (non-hydrogen) atoms. The monoisotopic (exact) mass is 328 g/mol. The Hall–Kier alpha value is -0.850. The molecule has 2 saturated carbocycles. The van der Waals surface area contributed by atoms with Crippen molar-refractivity contribution in [3.63, 3.8) is 0 Å². The number of rotatable bonds is 7. The van der Waals surface area contributed by atoms with Crippen LogP contribution in [0.4, 0.5) is 4.79 Å². The zero-order chi connectivity index (χ0) is 17.1. The zero-order valence-corrected chi connectivity index (χ0v) is 15.1. The largest absolute Gasteiger partial charge is 0.444 e. The number of methoxy groups -OCH3 is 1. The summed E-state index contributed by atoms with van der Waals surface area (Å²) in [6.45, 7) is 9.09. The predicted octanol–water partition coefficient (Wildman–Crippen LogP) is 2.22. The molecule has 1 amide bonds. The van der Waals surface area contributed by atoms with Crippen molar-refractivity contribution in [2.45, 2.75) is 82.8 Å². The molecule has 0 aromatic heterocycles. The van der Waals surface area contributed by atoms with Gasteiger partial charge < -0.3 is 24.8 Å². The molecular formula is C17H32N2O4. The van der Waals surface area contributed by atoms with Crippen molar-refractivity contribution in [2.24, 2.45) is 0 Å². The third-order valence-corrected chi connectivity index (χ3v) is 4.68. The fraction of sp³-hybridized carbons (Fsp3) is 0.941. The molecule has 0 heterocycles. The summed E-state index contributed by atoms with van der Waals surface area (Å²) in [5, 5.41) is 6.61. The Kier molecular flexibility index (Phi) is 5.92. The quantitative estimate of drug-likeness (QED) is 0.750. The molecule has 6 heteroatoms. The average Bonchev–Trinajstić information content (AvgIpc) is 2.36. The van der Waals surface area contributed by atoms with Crippen LogP contribution in [0.2, 0.25) is 0 Å². The minimum Gasteiger partial charge on any atom is -0.444 e. The molecular weight excluding hydrogens is 296 g/mol. The van der Waals surface area contributed by atoms with Crippen molar-refractivity contribution in [1.82, 2.24) is 10.6 Å². The second kappa shape index (κ2) is 7.36. The highest BCUT2D eigenvalue weighted by atomic mass is 16.6. The van der Waals surface area contributed by atoms with Crippen LogP contribution in [0.5, 0.6) is 0 Å².